The summed E-state index contributed by atoms with van der Waals surface area (Å²) in [4.78, 5) is 22.5. The zero-order chi connectivity index (χ0) is 21.3. The number of anilines is 1. The highest BCUT2D eigenvalue weighted by atomic mass is 32.1. The van der Waals surface area contributed by atoms with E-state index in [9.17, 15) is 4.79 Å². The first kappa shape index (κ1) is 19.6. The van der Waals surface area contributed by atoms with Gasteiger partial charge in [-0.1, -0.05) is 72.0 Å². The van der Waals surface area contributed by atoms with Crippen molar-refractivity contribution in [3.8, 4) is 21.7 Å². The lowest BCUT2D eigenvalue weighted by Gasteiger charge is -2.38. The second-order valence-electron chi connectivity index (χ2n) is 7.82. The summed E-state index contributed by atoms with van der Waals surface area (Å²) in [7, 11) is 0. The van der Waals surface area contributed by atoms with E-state index in [0.29, 0.717) is 10.8 Å². The molecular weight excluding hydrogens is 404 g/mol. The molecule has 0 bridgehead atoms. The number of aromatic nitrogens is 2. The lowest BCUT2D eigenvalue weighted by Crippen LogP contribution is -2.43. The normalized spacial score (nSPS) is 14.6. The molecule has 2 heterocycles. The van der Waals surface area contributed by atoms with Gasteiger partial charge in [-0.3, -0.25) is 15.1 Å². The van der Waals surface area contributed by atoms with Crippen LogP contribution in [-0.2, 0) is 5.54 Å². The molecule has 1 aliphatic carbocycles. The van der Waals surface area contributed by atoms with E-state index in [2.05, 4.69) is 46.7 Å². The highest BCUT2D eigenvalue weighted by molar-refractivity contribution is 7.19. The summed E-state index contributed by atoms with van der Waals surface area (Å²) in [5, 5.41) is 3.44. The van der Waals surface area contributed by atoms with Crippen LogP contribution < -0.4 is 11.1 Å². The molecule has 1 amide bonds. The van der Waals surface area contributed by atoms with Crippen LogP contribution in [0.5, 0.6) is 0 Å². The summed E-state index contributed by atoms with van der Waals surface area (Å²) in [6.07, 6.45) is 4.84. The van der Waals surface area contributed by atoms with E-state index >= 15 is 0 Å². The number of nitrogens with one attached hydrogen (secondary N) is 1. The summed E-state index contributed by atoms with van der Waals surface area (Å²) in [6, 6.07) is 23.7. The van der Waals surface area contributed by atoms with Crippen molar-refractivity contribution in [3.63, 3.8) is 0 Å². The molecule has 0 unspecified atom stereocenters. The first-order chi connectivity index (χ1) is 15.1. The number of nitrogens with two attached hydrogens (primary N) is 1. The number of nitrogens with zero attached hydrogens (tertiary/aromatic N) is 2. The fraction of sp³-hybridized carbons (Fsp3) is 0.160. The van der Waals surface area contributed by atoms with Crippen LogP contribution >= 0.6 is 11.3 Å². The van der Waals surface area contributed by atoms with E-state index < -0.39 is 0 Å². The number of amides is 1. The summed E-state index contributed by atoms with van der Waals surface area (Å²) in [5.41, 5.74) is 10.7. The zero-order valence-electron chi connectivity index (χ0n) is 16.9. The van der Waals surface area contributed by atoms with Crippen molar-refractivity contribution in [2.45, 2.75) is 24.8 Å². The Kier molecular flexibility index (Phi) is 5.10. The maximum absolute atomic E-state index is 12.6. The summed E-state index contributed by atoms with van der Waals surface area (Å²) < 4.78 is 0. The Morgan fingerprint density at radius 1 is 0.935 bits per heavy atom. The Bertz CT molecular complexity index is 1200. The molecule has 0 spiro atoms. The van der Waals surface area contributed by atoms with Gasteiger partial charge in [0.05, 0.1) is 10.6 Å². The molecule has 2 aromatic heterocycles. The van der Waals surface area contributed by atoms with Crippen LogP contribution in [0.25, 0.3) is 21.7 Å². The molecule has 6 heteroatoms. The highest BCUT2D eigenvalue weighted by Crippen LogP contribution is 2.42. The number of thiazole rings is 1. The Morgan fingerprint density at radius 3 is 2.32 bits per heavy atom. The van der Waals surface area contributed by atoms with E-state index in [4.69, 9.17) is 10.7 Å². The minimum absolute atomic E-state index is 0.190. The largest absolute Gasteiger partial charge is 0.321 e. The summed E-state index contributed by atoms with van der Waals surface area (Å²) in [5.74, 6) is -0.272. The molecule has 5 rings (SSSR count). The number of carbonyl (C=O) groups is 1. The zero-order valence-corrected chi connectivity index (χ0v) is 17.7. The third kappa shape index (κ3) is 3.87. The Morgan fingerprint density at radius 2 is 1.68 bits per heavy atom. The van der Waals surface area contributed by atoms with Gasteiger partial charge in [0.25, 0.3) is 5.91 Å². The molecule has 154 valence electrons. The number of pyridine rings is 1. The van der Waals surface area contributed by atoms with E-state index in [1.165, 1.54) is 23.3 Å². The molecule has 2 aromatic carbocycles. The molecule has 31 heavy (non-hydrogen) atoms. The van der Waals surface area contributed by atoms with Gasteiger partial charge in [0.2, 0.25) is 0 Å². The van der Waals surface area contributed by atoms with E-state index in [0.717, 1.165) is 34.5 Å². The molecule has 0 aliphatic heterocycles. The van der Waals surface area contributed by atoms with Crippen molar-refractivity contribution < 1.29 is 4.79 Å². The SMILES string of the molecule is NC1(c2ccc(-c3nc(NC(=O)c4ccccn4)sc3-c3ccccc3)cc2)CCC1. The van der Waals surface area contributed by atoms with Gasteiger partial charge in [0.15, 0.2) is 5.13 Å². The Hall–Kier alpha value is -3.35. The van der Waals surface area contributed by atoms with Crippen LogP contribution in [0.15, 0.2) is 79.0 Å². The number of benzene rings is 2. The summed E-state index contributed by atoms with van der Waals surface area (Å²) in [6.45, 7) is 0. The number of hydrogen-bond acceptors (Lipinski definition) is 5. The fourth-order valence-electron chi connectivity index (χ4n) is 3.82. The van der Waals surface area contributed by atoms with Gasteiger partial charge in [-0.05, 0) is 42.5 Å². The molecule has 1 fully saturated rings. The minimum atomic E-state index is -0.272. The van der Waals surface area contributed by atoms with Gasteiger partial charge in [0.1, 0.15) is 5.69 Å². The second-order valence-corrected chi connectivity index (χ2v) is 8.82. The van der Waals surface area contributed by atoms with Crippen molar-refractivity contribution in [3.05, 3.63) is 90.3 Å². The second kappa shape index (κ2) is 8.06. The van der Waals surface area contributed by atoms with Crippen LogP contribution in [-0.4, -0.2) is 15.9 Å². The molecule has 0 radical (unpaired) electrons. The van der Waals surface area contributed by atoms with E-state index in [-0.39, 0.29) is 11.4 Å². The van der Waals surface area contributed by atoms with Gasteiger partial charge in [-0.2, -0.15) is 0 Å². The Balaban J connectivity index is 1.50. The molecule has 5 nitrogen and oxygen atoms in total. The average Bonchev–Trinajstić information content (AvgIpc) is 3.22. The van der Waals surface area contributed by atoms with Crippen molar-refractivity contribution in [1.82, 2.24) is 9.97 Å². The Labute approximate surface area is 185 Å². The van der Waals surface area contributed by atoms with Gasteiger partial charge in [-0.25, -0.2) is 4.98 Å². The van der Waals surface area contributed by atoms with Crippen LogP contribution in [0.1, 0.15) is 35.3 Å². The lowest BCUT2D eigenvalue weighted by molar-refractivity contribution is 0.102. The minimum Gasteiger partial charge on any atom is -0.321 e. The van der Waals surface area contributed by atoms with Crippen molar-refractivity contribution in [2.75, 3.05) is 5.32 Å². The first-order valence-electron chi connectivity index (χ1n) is 10.3. The van der Waals surface area contributed by atoms with Crippen LogP contribution in [0, 0.1) is 0 Å². The van der Waals surface area contributed by atoms with Gasteiger partial charge < -0.3 is 5.73 Å². The number of carbonyl (C=O) groups excluding carboxylic acids is 1. The fourth-order valence-corrected chi connectivity index (χ4v) is 4.81. The molecule has 1 saturated carbocycles. The third-order valence-corrected chi connectivity index (χ3v) is 6.78. The average molecular weight is 427 g/mol. The molecule has 0 saturated heterocycles. The third-order valence-electron chi connectivity index (χ3n) is 5.76. The highest BCUT2D eigenvalue weighted by Gasteiger charge is 2.34. The van der Waals surface area contributed by atoms with Gasteiger partial charge in [-0.15, -0.1) is 0 Å². The van der Waals surface area contributed by atoms with Gasteiger partial charge >= 0.3 is 0 Å². The first-order valence-corrected chi connectivity index (χ1v) is 11.1. The molecule has 3 N–H and O–H groups in total. The lowest BCUT2D eigenvalue weighted by atomic mass is 9.72. The van der Waals surface area contributed by atoms with Crippen molar-refractivity contribution >= 4 is 22.4 Å². The van der Waals surface area contributed by atoms with E-state index in [1.807, 2.05) is 18.2 Å². The van der Waals surface area contributed by atoms with Crippen LogP contribution in [0.4, 0.5) is 5.13 Å². The monoisotopic (exact) mass is 426 g/mol. The molecule has 1 aliphatic rings. The standard InChI is InChI=1S/C25H22N4OS/c26-25(14-6-15-25)19-12-10-17(11-13-19)21-22(18-7-2-1-3-8-18)31-24(28-21)29-23(30)20-9-4-5-16-27-20/h1-5,7-13,16H,6,14-15,26H2,(H,28,29,30). The smallest absolute Gasteiger partial charge is 0.276 e. The number of hydrogen-bond donors (Lipinski definition) is 2. The van der Waals surface area contributed by atoms with E-state index in [1.54, 1.807) is 24.4 Å². The maximum atomic E-state index is 12.6. The maximum Gasteiger partial charge on any atom is 0.276 e. The van der Waals surface area contributed by atoms with Crippen molar-refractivity contribution in [1.29, 1.82) is 0 Å². The topological polar surface area (TPSA) is 80.9 Å². The molecule has 4 aromatic rings. The quantitative estimate of drug-likeness (QED) is 0.444. The predicted octanol–water partition coefficient (Wildman–Crippen LogP) is 5.46. The summed E-state index contributed by atoms with van der Waals surface area (Å²) >= 11 is 1.46. The van der Waals surface area contributed by atoms with Crippen LogP contribution in [0.2, 0.25) is 0 Å². The van der Waals surface area contributed by atoms with Crippen molar-refractivity contribution in [2.24, 2.45) is 5.73 Å². The molecular formula is C25H22N4OS. The van der Waals surface area contributed by atoms with Gasteiger partial charge in [0, 0.05) is 17.3 Å². The van der Waals surface area contributed by atoms with Crippen LogP contribution in [0.3, 0.4) is 0 Å². The predicted molar refractivity (Wildman–Crippen MR) is 125 cm³/mol. The number of rotatable bonds is 5. The molecule has 0 atom stereocenters.